The number of anilines is 2. The van der Waals surface area contributed by atoms with Crippen LogP contribution >= 0.6 is 27.5 Å². The predicted molar refractivity (Wildman–Crippen MR) is 80.8 cm³/mol. The van der Waals surface area contributed by atoms with Crippen LogP contribution in [0.4, 0.5) is 15.8 Å². The maximum absolute atomic E-state index is 13.7. The minimum Gasteiger partial charge on any atom is -0.397 e. The molecule has 0 bridgehead atoms. The highest BCUT2D eigenvalue weighted by Crippen LogP contribution is 2.27. The van der Waals surface area contributed by atoms with Gasteiger partial charge in [-0.1, -0.05) is 27.5 Å². The van der Waals surface area contributed by atoms with Gasteiger partial charge in [-0.15, -0.1) is 0 Å². The second-order valence-corrected chi connectivity index (χ2v) is 6.91. The summed E-state index contributed by atoms with van der Waals surface area (Å²) in [4.78, 5) is -0.472. The summed E-state index contributed by atoms with van der Waals surface area (Å²) < 4.78 is 40.6. The molecule has 0 aliphatic carbocycles. The SMILES string of the molecule is Nc1ccc(Cl)cc1NS(=O)(=O)c1ccc(Br)cc1F. The molecule has 0 saturated heterocycles. The van der Waals surface area contributed by atoms with Crippen molar-refractivity contribution in [2.75, 3.05) is 10.5 Å². The van der Waals surface area contributed by atoms with Gasteiger partial charge in [-0.2, -0.15) is 0 Å². The molecule has 0 atom stereocenters. The van der Waals surface area contributed by atoms with E-state index in [0.29, 0.717) is 9.50 Å². The average molecular weight is 380 g/mol. The number of rotatable bonds is 3. The Kier molecular flexibility index (Phi) is 4.22. The summed E-state index contributed by atoms with van der Waals surface area (Å²) in [6.07, 6.45) is 0. The molecule has 8 heteroatoms. The van der Waals surface area contributed by atoms with Crippen molar-refractivity contribution in [3.8, 4) is 0 Å². The Morgan fingerprint density at radius 3 is 2.55 bits per heavy atom. The van der Waals surface area contributed by atoms with Gasteiger partial charge in [0, 0.05) is 9.50 Å². The summed E-state index contributed by atoms with van der Waals surface area (Å²) in [5.74, 6) is -0.868. The molecule has 0 fully saturated rings. The van der Waals surface area contributed by atoms with Gasteiger partial charge >= 0.3 is 0 Å². The van der Waals surface area contributed by atoms with Crippen LogP contribution in [0.15, 0.2) is 45.8 Å². The number of nitrogen functional groups attached to an aromatic ring is 1. The molecule has 4 nitrogen and oxygen atoms in total. The third kappa shape index (κ3) is 3.23. The molecule has 0 unspecified atom stereocenters. The van der Waals surface area contributed by atoms with E-state index in [1.54, 1.807) is 0 Å². The fraction of sp³-hybridized carbons (Fsp3) is 0. The summed E-state index contributed by atoms with van der Waals surface area (Å²) in [5, 5.41) is 0.313. The number of hydrogen-bond acceptors (Lipinski definition) is 3. The quantitative estimate of drug-likeness (QED) is 0.800. The number of sulfonamides is 1. The van der Waals surface area contributed by atoms with Gasteiger partial charge in [0.05, 0.1) is 11.4 Å². The Bertz CT molecular complexity index is 768. The van der Waals surface area contributed by atoms with Crippen molar-refractivity contribution in [3.05, 3.63) is 51.7 Å². The summed E-state index contributed by atoms with van der Waals surface area (Å²) in [5.41, 5.74) is 5.94. The van der Waals surface area contributed by atoms with E-state index in [2.05, 4.69) is 20.7 Å². The molecule has 0 saturated carbocycles. The predicted octanol–water partition coefficient (Wildman–Crippen LogP) is 3.62. The lowest BCUT2D eigenvalue weighted by Crippen LogP contribution is -2.15. The maximum atomic E-state index is 13.7. The lowest BCUT2D eigenvalue weighted by molar-refractivity contribution is 0.570. The number of hydrogen-bond donors (Lipinski definition) is 2. The Balaban J connectivity index is 2.43. The van der Waals surface area contributed by atoms with Crippen molar-refractivity contribution in [1.82, 2.24) is 0 Å². The van der Waals surface area contributed by atoms with Crippen LogP contribution in [0.1, 0.15) is 0 Å². The highest BCUT2D eigenvalue weighted by atomic mass is 79.9. The van der Waals surface area contributed by atoms with E-state index in [4.69, 9.17) is 17.3 Å². The van der Waals surface area contributed by atoms with Gasteiger partial charge in [-0.05, 0) is 36.4 Å². The number of halogens is 3. The van der Waals surface area contributed by atoms with E-state index in [-0.39, 0.29) is 11.4 Å². The van der Waals surface area contributed by atoms with Crippen LogP contribution in [0.25, 0.3) is 0 Å². The second kappa shape index (κ2) is 5.59. The molecule has 0 aromatic heterocycles. The van der Waals surface area contributed by atoms with E-state index in [9.17, 15) is 12.8 Å². The standard InChI is InChI=1S/C12H9BrClFN2O2S/c13-7-1-4-12(9(15)5-7)20(18,19)17-11-6-8(14)2-3-10(11)16/h1-6,17H,16H2. The van der Waals surface area contributed by atoms with Crippen molar-refractivity contribution >= 4 is 48.9 Å². The monoisotopic (exact) mass is 378 g/mol. The van der Waals surface area contributed by atoms with E-state index in [1.807, 2.05) is 0 Å². The van der Waals surface area contributed by atoms with Gasteiger partial charge in [0.15, 0.2) is 0 Å². The number of benzene rings is 2. The van der Waals surface area contributed by atoms with Crippen LogP contribution in [0, 0.1) is 5.82 Å². The second-order valence-electron chi connectivity index (χ2n) is 3.91. The molecule has 2 rings (SSSR count). The van der Waals surface area contributed by atoms with Crippen LogP contribution in [-0.2, 0) is 10.0 Å². The van der Waals surface area contributed by atoms with Crippen molar-refractivity contribution in [2.24, 2.45) is 0 Å². The Labute approximate surface area is 128 Å². The lowest BCUT2D eigenvalue weighted by atomic mass is 10.3. The molecule has 0 aliphatic heterocycles. The summed E-state index contributed by atoms with van der Waals surface area (Å²) in [6, 6.07) is 7.98. The van der Waals surface area contributed by atoms with Gasteiger partial charge < -0.3 is 5.73 Å². The third-order valence-electron chi connectivity index (χ3n) is 2.44. The molecule has 20 heavy (non-hydrogen) atoms. The first-order valence-corrected chi connectivity index (χ1v) is 7.98. The Hall–Kier alpha value is -1.31. The van der Waals surface area contributed by atoms with Crippen LogP contribution in [0.3, 0.4) is 0 Å². The van der Waals surface area contributed by atoms with Crippen LogP contribution in [0.5, 0.6) is 0 Å². The van der Waals surface area contributed by atoms with Gasteiger partial charge in [0.1, 0.15) is 10.7 Å². The first-order valence-electron chi connectivity index (χ1n) is 5.32. The van der Waals surface area contributed by atoms with E-state index < -0.39 is 20.7 Å². The zero-order valence-electron chi connectivity index (χ0n) is 9.90. The van der Waals surface area contributed by atoms with Crippen molar-refractivity contribution in [2.45, 2.75) is 4.90 Å². The van der Waals surface area contributed by atoms with Crippen molar-refractivity contribution < 1.29 is 12.8 Å². The van der Waals surface area contributed by atoms with Gasteiger partial charge in [0.25, 0.3) is 10.0 Å². The lowest BCUT2D eigenvalue weighted by Gasteiger charge is -2.11. The van der Waals surface area contributed by atoms with Crippen molar-refractivity contribution in [1.29, 1.82) is 0 Å². The molecule has 0 radical (unpaired) electrons. The van der Waals surface area contributed by atoms with Crippen LogP contribution < -0.4 is 10.5 Å². The number of nitrogens with two attached hydrogens (primary N) is 1. The highest BCUT2D eigenvalue weighted by molar-refractivity contribution is 9.10. The molecule has 2 aromatic carbocycles. The minimum atomic E-state index is -4.08. The topological polar surface area (TPSA) is 72.2 Å². The minimum absolute atomic E-state index is 0.0971. The van der Waals surface area contributed by atoms with Crippen LogP contribution in [-0.4, -0.2) is 8.42 Å². The molecule has 0 heterocycles. The van der Waals surface area contributed by atoms with E-state index >= 15 is 0 Å². The molecule has 0 spiro atoms. The smallest absolute Gasteiger partial charge is 0.264 e. The summed E-state index contributed by atoms with van der Waals surface area (Å²) >= 11 is 8.83. The molecule has 2 aromatic rings. The zero-order chi connectivity index (χ0) is 14.9. The zero-order valence-corrected chi connectivity index (χ0v) is 13.1. The molecule has 106 valence electrons. The van der Waals surface area contributed by atoms with E-state index in [0.717, 1.165) is 12.1 Å². The first kappa shape index (κ1) is 15.1. The highest BCUT2D eigenvalue weighted by Gasteiger charge is 2.20. The Morgan fingerprint density at radius 2 is 1.90 bits per heavy atom. The Morgan fingerprint density at radius 1 is 1.20 bits per heavy atom. The van der Waals surface area contributed by atoms with Gasteiger partial charge in [-0.25, -0.2) is 12.8 Å². The fourth-order valence-electron chi connectivity index (χ4n) is 1.51. The largest absolute Gasteiger partial charge is 0.397 e. The molecule has 0 amide bonds. The van der Waals surface area contributed by atoms with Gasteiger partial charge in [-0.3, -0.25) is 4.72 Å². The molecule has 0 aliphatic rings. The van der Waals surface area contributed by atoms with Gasteiger partial charge in [0.2, 0.25) is 0 Å². The first-order chi connectivity index (χ1) is 9.29. The fourth-order valence-corrected chi connectivity index (χ4v) is 3.15. The van der Waals surface area contributed by atoms with E-state index in [1.165, 1.54) is 24.3 Å². The normalized spacial score (nSPS) is 11.3. The third-order valence-corrected chi connectivity index (χ3v) is 4.57. The van der Waals surface area contributed by atoms with Crippen LogP contribution in [0.2, 0.25) is 5.02 Å². The molecular weight excluding hydrogens is 371 g/mol. The molecular formula is C12H9BrClFN2O2S. The maximum Gasteiger partial charge on any atom is 0.264 e. The summed E-state index contributed by atoms with van der Waals surface area (Å²) in [7, 11) is -4.08. The van der Waals surface area contributed by atoms with Crippen molar-refractivity contribution in [3.63, 3.8) is 0 Å². The average Bonchev–Trinajstić information content (AvgIpc) is 2.33. The number of nitrogens with one attached hydrogen (secondary N) is 1. The summed E-state index contributed by atoms with van der Waals surface area (Å²) in [6.45, 7) is 0. The molecule has 3 N–H and O–H groups in total.